The molecule has 2 N–H and O–H groups in total. The predicted octanol–water partition coefficient (Wildman–Crippen LogP) is 2.78. The second-order valence-corrected chi connectivity index (χ2v) is 2.60. The highest BCUT2D eigenvalue weighted by Gasteiger charge is 1.86. The Kier molecular flexibility index (Phi) is 6.98. The topological polar surface area (TPSA) is 38.9 Å². The molecule has 0 fully saturated rings. The van der Waals surface area contributed by atoms with Crippen molar-refractivity contribution < 1.29 is 0 Å². The van der Waals surface area contributed by atoms with Crippen LogP contribution in [0.25, 0.3) is 10.9 Å². The molecule has 0 spiro atoms. The van der Waals surface area contributed by atoms with Gasteiger partial charge in [-0.1, -0.05) is 31.2 Å². The number of fused-ring (bicyclic) bond motifs is 1. The number of pyridine rings is 1. The molecule has 0 aliphatic heterocycles. The van der Waals surface area contributed by atoms with E-state index in [1.807, 2.05) is 37.4 Å². The van der Waals surface area contributed by atoms with Crippen molar-refractivity contribution in [3.05, 3.63) is 42.6 Å². The van der Waals surface area contributed by atoms with Gasteiger partial charge in [0, 0.05) is 11.6 Å². The molecular formula is C11H15BrN2. The monoisotopic (exact) mass is 254 g/mol. The van der Waals surface area contributed by atoms with Gasteiger partial charge in [-0.2, -0.15) is 0 Å². The molecular weight excluding hydrogens is 240 g/mol. The highest BCUT2D eigenvalue weighted by molar-refractivity contribution is 8.93. The van der Waals surface area contributed by atoms with Gasteiger partial charge < -0.3 is 5.73 Å². The summed E-state index contributed by atoms with van der Waals surface area (Å²) in [5.74, 6) is 0. The predicted molar refractivity (Wildman–Crippen MR) is 66.8 cm³/mol. The number of hydrogen-bond acceptors (Lipinski definition) is 2. The number of nitrogens with two attached hydrogens (primary N) is 1. The highest BCUT2D eigenvalue weighted by atomic mass is 79.9. The lowest BCUT2D eigenvalue weighted by atomic mass is 10.2. The normalized spacial score (nSPS) is 8.43. The van der Waals surface area contributed by atoms with Gasteiger partial charge in [-0.25, -0.2) is 0 Å². The molecule has 0 amide bonds. The zero-order valence-corrected chi connectivity index (χ0v) is 9.89. The maximum Gasteiger partial charge on any atom is 0.0701 e. The van der Waals surface area contributed by atoms with Crippen LogP contribution < -0.4 is 5.73 Å². The summed E-state index contributed by atoms with van der Waals surface area (Å²) in [5, 5.41) is 1.20. The van der Waals surface area contributed by atoms with E-state index < -0.39 is 0 Å². The van der Waals surface area contributed by atoms with Gasteiger partial charge >= 0.3 is 0 Å². The summed E-state index contributed by atoms with van der Waals surface area (Å²) in [6.07, 6.45) is 1.81. The summed E-state index contributed by atoms with van der Waals surface area (Å²) in [6, 6.07) is 12.1. The van der Waals surface area contributed by atoms with Gasteiger partial charge in [0.05, 0.1) is 5.52 Å². The van der Waals surface area contributed by atoms with Crippen molar-refractivity contribution >= 4 is 27.9 Å². The molecule has 2 nitrogen and oxygen atoms in total. The summed E-state index contributed by atoms with van der Waals surface area (Å²) in [6.45, 7) is 2.65. The van der Waals surface area contributed by atoms with Crippen molar-refractivity contribution in [2.24, 2.45) is 5.73 Å². The summed E-state index contributed by atoms with van der Waals surface area (Å²) in [7, 11) is 0. The molecule has 1 heterocycles. The van der Waals surface area contributed by atoms with Gasteiger partial charge in [0.25, 0.3) is 0 Å². The molecule has 0 aliphatic carbocycles. The van der Waals surface area contributed by atoms with Crippen LogP contribution in [0.2, 0.25) is 0 Å². The number of nitrogens with zero attached hydrogens (tertiary/aromatic N) is 1. The van der Waals surface area contributed by atoms with Crippen molar-refractivity contribution in [1.82, 2.24) is 4.98 Å². The number of benzene rings is 1. The lowest BCUT2D eigenvalue weighted by Crippen LogP contribution is -1.87. The standard InChI is InChI=1S/C9H7N.C2H7N.BrH/c1-2-6-9-8(4-1)5-3-7-10-9;1-2-3;/h1-7H;2-3H2,1H3;1H. The smallest absolute Gasteiger partial charge is 0.0701 e. The molecule has 0 bridgehead atoms. The van der Waals surface area contributed by atoms with Crippen molar-refractivity contribution in [3.63, 3.8) is 0 Å². The number of rotatable bonds is 0. The van der Waals surface area contributed by atoms with E-state index in [1.54, 1.807) is 0 Å². The summed E-state index contributed by atoms with van der Waals surface area (Å²) >= 11 is 0. The number of halogens is 1. The van der Waals surface area contributed by atoms with E-state index in [4.69, 9.17) is 5.73 Å². The third-order valence-electron chi connectivity index (χ3n) is 1.51. The van der Waals surface area contributed by atoms with Crippen LogP contribution in [-0.2, 0) is 0 Å². The molecule has 2 aromatic rings. The first kappa shape index (κ1) is 13.1. The maximum atomic E-state index is 4.85. The Bertz CT molecular complexity index is 297. The van der Waals surface area contributed by atoms with E-state index in [0.29, 0.717) is 0 Å². The minimum Gasteiger partial charge on any atom is -0.331 e. The van der Waals surface area contributed by atoms with E-state index >= 15 is 0 Å². The van der Waals surface area contributed by atoms with Gasteiger partial charge in [-0.3, -0.25) is 4.98 Å². The van der Waals surface area contributed by atoms with Crippen molar-refractivity contribution in [2.45, 2.75) is 6.92 Å². The van der Waals surface area contributed by atoms with Gasteiger partial charge in [0.1, 0.15) is 0 Å². The molecule has 76 valence electrons. The zero-order valence-electron chi connectivity index (χ0n) is 8.18. The second-order valence-electron chi connectivity index (χ2n) is 2.60. The molecule has 0 saturated carbocycles. The van der Waals surface area contributed by atoms with Crippen molar-refractivity contribution in [1.29, 1.82) is 0 Å². The molecule has 0 unspecified atom stereocenters. The van der Waals surface area contributed by atoms with Crippen LogP contribution in [0, 0.1) is 0 Å². The SMILES string of the molecule is Br.CCN.c1ccc2ncccc2c1. The van der Waals surface area contributed by atoms with Crippen molar-refractivity contribution in [3.8, 4) is 0 Å². The van der Waals surface area contributed by atoms with E-state index in [2.05, 4.69) is 17.1 Å². The van der Waals surface area contributed by atoms with E-state index in [1.165, 1.54) is 5.39 Å². The summed E-state index contributed by atoms with van der Waals surface area (Å²) in [5.41, 5.74) is 5.91. The average molecular weight is 255 g/mol. The maximum absolute atomic E-state index is 4.85. The first-order valence-corrected chi connectivity index (χ1v) is 4.38. The first-order valence-electron chi connectivity index (χ1n) is 4.38. The fourth-order valence-corrected chi connectivity index (χ4v) is 1.02. The first-order chi connectivity index (χ1) is 6.38. The van der Waals surface area contributed by atoms with Crippen LogP contribution in [-0.4, -0.2) is 11.5 Å². The van der Waals surface area contributed by atoms with Crippen LogP contribution in [0.15, 0.2) is 42.6 Å². The third kappa shape index (κ3) is 3.85. The Hall–Kier alpha value is -0.930. The van der Waals surface area contributed by atoms with Gasteiger partial charge in [-0.15, -0.1) is 17.0 Å². The minimum atomic E-state index is 0. The third-order valence-corrected chi connectivity index (χ3v) is 1.51. The molecule has 14 heavy (non-hydrogen) atoms. The van der Waals surface area contributed by atoms with Gasteiger partial charge in [0.2, 0.25) is 0 Å². The van der Waals surface area contributed by atoms with E-state index in [9.17, 15) is 0 Å². The van der Waals surface area contributed by atoms with Crippen LogP contribution in [0.4, 0.5) is 0 Å². The fourth-order valence-electron chi connectivity index (χ4n) is 1.02. The van der Waals surface area contributed by atoms with Gasteiger partial charge in [0.15, 0.2) is 0 Å². The molecule has 0 aliphatic rings. The van der Waals surface area contributed by atoms with Gasteiger partial charge in [-0.05, 0) is 18.7 Å². The molecule has 3 heteroatoms. The highest BCUT2D eigenvalue weighted by Crippen LogP contribution is 2.07. The lowest BCUT2D eigenvalue weighted by Gasteiger charge is -1.91. The van der Waals surface area contributed by atoms with E-state index in [0.717, 1.165) is 12.1 Å². The lowest BCUT2D eigenvalue weighted by molar-refractivity contribution is 1.14. The molecule has 0 radical (unpaired) electrons. The molecule has 1 aromatic heterocycles. The van der Waals surface area contributed by atoms with E-state index in [-0.39, 0.29) is 17.0 Å². The largest absolute Gasteiger partial charge is 0.331 e. The Morgan fingerprint density at radius 1 is 1.14 bits per heavy atom. The quantitative estimate of drug-likeness (QED) is 0.786. The zero-order chi connectivity index (χ0) is 9.52. The fraction of sp³-hybridized carbons (Fsp3) is 0.182. The Morgan fingerprint density at radius 3 is 2.36 bits per heavy atom. The van der Waals surface area contributed by atoms with Crippen LogP contribution in [0.5, 0.6) is 0 Å². The molecule has 0 saturated heterocycles. The number of hydrogen-bond donors (Lipinski definition) is 1. The average Bonchev–Trinajstić information content (AvgIpc) is 2.19. The summed E-state index contributed by atoms with van der Waals surface area (Å²) < 4.78 is 0. The van der Waals surface area contributed by atoms with Crippen molar-refractivity contribution in [2.75, 3.05) is 6.54 Å². The van der Waals surface area contributed by atoms with Crippen LogP contribution in [0.3, 0.4) is 0 Å². The number of aromatic nitrogens is 1. The Morgan fingerprint density at radius 2 is 1.71 bits per heavy atom. The molecule has 1 aromatic carbocycles. The number of para-hydroxylation sites is 1. The second kappa shape index (κ2) is 7.47. The molecule has 2 rings (SSSR count). The van der Waals surface area contributed by atoms with Crippen LogP contribution >= 0.6 is 17.0 Å². The Balaban J connectivity index is 0.000000381. The van der Waals surface area contributed by atoms with Crippen LogP contribution in [0.1, 0.15) is 6.92 Å². The Labute approximate surface area is 94.9 Å². The summed E-state index contributed by atoms with van der Waals surface area (Å²) in [4.78, 5) is 4.18. The minimum absolute atomic E-state index is 0. The molecule has 0 atom stereocenters.